The quantitative estimate of drug-likeness (QED) is 0.220. The predicted molar refractivity (Wildman–Crippen MR) is 132 cm³/mol. The molecular formula is C25H40N4O6. The molecule has 0 fully saturated rings. The van der Waals surface area contributed by atoms with Crippen LogP contribution in [0.4, 0.5) is 0 Å². The molecule has 0 heterocycles. The molecule has 0 saturated carbocycles. The molecule has 1 aromatic rings. The van der Waals surface area contributed by atoms with Gasteiger partial charge in [-0.05, 0) is 30.7 Å². The number of hydrogen-bond acceptors (Lipinski definition) is 6. The van der Waals surface area contributed by atoms with Crippen molar-refractivity contribution in [3.05, 3.63) is 35.9 Å². The van der Waals surface area contributed by atoms with E-state index in [0.717, 1.165) is 0 Å². The summed E-state index contributed by atoms with van der Waals surface area (Å²) >= 11 is 0. The number of hydrogen-bond donors (Lipinski definition) is 6. The number of benzene rings is 1. The number of aliphatic hydroxyl groups excluding tert-OH is 1. The zero-order chi connectivity index (χ0) is 26.7. The van der Waals surface area contributed by atoms with Crippen LogP contribution in [-0.2, 0) is 25.6 Å². The Kier molecular flexibility index (Phi) is 12.4. The average molecular weight is 493 g/mol. The van der Waals surface area contributed by atoms with Gasteiger partial charge in [0.25, 0.3) is 0 Å². The van der Waals surface area contributed by atoms with E-state index in [4.69, 9.17) is 5.73 Å². The fourth-order valence-corrected chi connectivity index (χ4v) is 3.54. The van der Waals surface area contributed by atoms with E-state index in [9.17, 15) is 29.4 Å². The van der Waals surface area contributed by atoms with Crippen LogP contribution >= 0.6 is 0 Å². The molecule has 1 aromatic carbocycles. The number of aliphatic carboxylic acids is 1. The topological polar surface area (TPSA) is 171 Å². The van der Waals surface area contributed by atoms with Gasteiger partial charge in [0.1, 0.15) is 18.1 Å². The number of nitrogens with two attached hydrogens (primary N) is 1. The van der Waals surface area contributed by atoms with E-state index in [1.54, 1.807) is 37.3 Å². The van der Waals surface area contributed by atoms with Crippen LogP contribution in [0.3, 0.4) is 0 Å². The van der Waals surface area contributed by atoms with Crippen molar-refractivity contribution in [2.45, 2.75) is 84.2 Å². The third-order valence-corrected chi connectivity index (χ3v) is 5.82. The monoisotopic (exact) mass is 492 g/mol. The van der Waals surface area contributed by atoms with Gasteiger partial charge in [-0.3, -0.25) is 14.4 Å². The first kappa shape index (κ1) is 30.1. The molecule has 3 amide bonds. The molecule has 0 aliphatic rings. The van der Waals surface area contributed by atoms with Crippen molar-refractivity contribution in [1.29, 1.82) is 0 Å². The summed E-state index contributed by atoms with van der Waals surface area (Å²) in [6.07, 6.45) is -0.290. The molecule has 10 nitrogen and oxygen atoms in total. The van der Waals surface area contributed by atoms with E-state index in [1.165, 1.54) is 6.92 Å². The van der Waals surface area contributed by atoms with Crippen LogP contribution < -0.4 is 21.7 Å². The summed E-state index contributed by atoms with van der Waals surface area (Å²) in [6.45, 7) is 8.80. The molecule has 0 aliphatic heterocycles. The van der Waals surface area contributed by atoms with Crippen LogP contribution in [0.15, 0.2) is 30.3 Å². The van der Waals surface area contributed by atoms with Crippen LogP contribution in [0.1, 0.15) is 53.0 Å². The first-order chi connectivity index (χ1) is 16.4. The Morgan fingerprint density at radius 2 is 1.43 bits per heavy atom. The maximum absolute atomic E-state index is 13.1. The molecule has 35 heavy (non-hydrogen) atoms. The van der Waals surface area contributed by atoms with Crippen LogP contribution in [-0.4, -0.2) is 64.2 Å². The molecule has 0 spiro atoms. The van der Waals surface area contributed by atoms with Crippen LogP contribution in [0.5, 0.6) is 0 Å². The summed E-state index contributed by atoms with van der Waals surface area (Å²) in [5, 5.41) is 27.3. The predicted octanol–water partition coefficient (Wildman–Crippen LogP) is 0.568. The minimum Gasteiger partial charge on any atom is -0.480 e. The summed E-state index contributed by atoms with van der Waals surface area (Å²) in [6, 6.07) is 4.31. The Morgan fingerprint density at radius 3 is 1.91 bits per heavy atom. The first-order valence-electron chi connectivity index (χ1n) is 12.0. The van der Waals surface area contributed by atoms with Gasteiger partial charge in [0.15, 0.2) is 0 Å². The fourth-order valence-electron chi connectivity index (χ4n) is 3.54. The number of carboxylic acids is 1. The van der Waals surface area contributed by atoms with Gasteiger partial charge in [0, 0.05) is 6.42 Å². The van der Waals surface area contributed by atoms with Crippen LogP contribution in [0.25, 0.3) is 0 Å². The number of carbonyl (C=O) groups is 4. The molecule has 6 unspecified atom stereocenters. The number of carbonyl (C=O) groups excluding carboxylic acids is 3. The highest BCUT2D eigenvalue weighted by atomic mass is 16.4. The fraction of sp³-hybridized carbons (Fsp3) is 0.600. The van der Waals surface area contributed by atoms with Crippen molar-refractivity contribution >= 4 is 23.7 Å². The Balaban J connectivity index is 2.97. The highest BCUT2D eigenvalue weighted by Gasteiger charge is 2.34. The number of carboxylic acid groups (broad SMARTS) is 1. The molecule has 196 valence electrons. The maximum Gasteiger partial charge on any atom is 0.326 e. The minimum absolute atomic E-state index is 0.0294. The zero-order valence-corrected chi connectivity index (χ0v) is 21.2. The zero-order valence-electron chi connectivity index (χ0n) is 21.2. The van der Waals surface area contributed by atoms with Gasteiger partial charge < -0.3 is 31.9 Å². The summed E-state index contributed by atoms with van der Waals surface area (Å²) in [7, 11) is 0. The molecule has 6 atom stereocenters. The maximum atomic E-state index is 13.1. The lowest BCUT2D eigenvalue weighted by atomic mass is 9.96. The lowest BCUT2D eigenvalue weighted by Crippen LogP contribution is -2.61. The van der Waals surface area contributed by atoms with Crippen molar-refractivity contribution < 1.29 is 29.4 Å². The summed E-state index contributed by atoms with van der Waals surface area (Å²) in [5.74, 6) is -3.34. The largest absolute Gasteiger partial charge is 0.480 e. The van der Waals surface area contributed by atoms with Gasteiger partial charge in [-0.15, -0.1) is 0 Å². The smallest absolute Gasteiger partial charge is 0.326 e. The van der Waals surface area contributed by atoms with Crippen molar-refractivity contribution in [3.63, 3.8) is 0 Å². The highest BCUT2D eigenvalue weighted by molar-refractivity contribution is 5.94. The second-order valence-corrected chi connectivity index (χ2v) is 9.42. The second-order valence-electron chi connectivity index (χ2n) is 9.42. The van der Waals surface area contributed by atoms with Gasteiger partial charge in [0.2, 0.25) is 17.7 Å². The van der Waals surface area contributed by atoms with E-state index in [2.05, 4.69) is 16.0 Å². The van der Waals surface area contributed by atoms with E-state index in [0.29, 0.717) is 18.4 Å². The Bertz CT molecular complexity index is 846. The number of aliphatic hydroxyl groups is 1. The Morgan fingerprint density at radius 1 is 0.886 bits per heavy atom. The number of nitrogens with one attached hydrogen (secondary N) is 3. The molecule has 0 radical (unpaired) electrons. The molecule has 0 saturated heterocycles. The molecule has 10 heteroatoms. The van der Waals surface area contributed by atoms with Crippen LogP contribution in [0, 0.1) is 11.8 Å². The summed E-state index contributed by atoms with van der Waals surface area (Å²) in [4.78, 5) is 50.2. The average Bonchev–Trinajstić information content (AvgIpc) is 2.79. The van der Waals surface area contributed by atoms with E-state index in [1.807, 2.05) is 20.8 Å². The lowest BCUT2D eigenvalue weighted by Gasteiger charge is -2.29. The van der Waals surface area contributed by atoms with Gasteiger partial charge in [-0.1, -0.05) is 64.4 Å². The summed E-state index contributed by atoms with van der Waals surface area (Å²) in [5.41, 5.74) is 6.65. The third-order valence-electron chi connectivity index (χ3n) is 5.82. The van der Waals surface area contributed by atoms with Gasteiger partial charge in [0.05, 0.1) is 12.1 Å². The third kappa shape index (κ3) is 10.0. The Hall–Kier alpha value is -2.98. The van der Waals surface area contributed by atoms with Crippen LogP contribution in [0.2, 0.25) is 0 Å². The molecular weight excluding hydrogens is 452 g/mol. The van der Waals surface area contributed by atoms with Gasteiger partial charge >= 0.3 is 5.97 Å². The Labute approximate surface area is 207 Å². The molecule has 0 aromatic heterocycles. The standard InChI is InChI=1S/C25H40N4O6/c1-6-15(4)20(28-22(31)18(26)12-14(2)3)23(32)29-21(16(5)30)24(33)27-19(25(34)35)13-17-10-8-7-9-11-17/h7-11,14-16,18-21,30H,6,12-13,26H2,1-5H3,(H,27,33)(H,28,31)(H,29,32)(H,34,35). The first-order valence-corrected chi connectivity index (χ1v) is 12.0. The van der Waals surface area contributed by atoms with E-state index >= 15 is 0 Å². The van der Waals surface area contributed by atoms with Gasteiger partial charge in [-0.2, -0.15) is 0 Å². The molecule has 1 rings (SSSR count). The van der Waals surface area contributed by atoms with Crippen molar-refractivity contribution in [1.82, 2.24) is 16.0 Å². The van der Waals surface area contributed by atoms with Crippen molar-refractivity contribution in [2.24, 2.45) is 17.6 Å². The number of rotatable bonds is 14. The van der Waals surface area contributed by atoms with Crippen molar-refractivity contribution in [2.75, 3.05) is 0 Å². The molecule has 0 aliphatic carbocycles. The van der Waals surface area contributed by atoms with E-state index < -0.39 is 54.0 Å². The molecule has 0 bridgehead atoms. The lowest BCUT2D eigenvalue weighted by molar-refractivity contribution is -0.143. The number of amides is 3. The highest BCUT2D eigenvalue weighted by Crippen LogP contribution is 2.11. The van der Waals surface area contributed by atoms with E-state index in [-0.39, 0.29) is 18.3 Å². The van der Waals surface area contributed by atoms with Crippen molar-refractivity contribution in [3.8, 4) is 0 Å². The summed E-state index contributed by atoms with van der Waals surface area (Å²) < 4.78 is 0. The molecule has 7 N–H and O–H groups in total. The SMILES string of the molecule is CCC(C)C(NC(=O)C(N)CC(C)C)C(=O)NC(C(=O)NC(Cc1ccccc1)C(=O)O)C(C)O. The second kappa shape index (κ2) is 14.4. The van der Waals surface area contributed by atoms with Gasteiger partial charge in [-0.25, -0.2) is 4.79 Å². The minimum atomic E-state index is -1.42. The normalized spacial score (nSPS) is 16.3.